The third kappa shape index (κ3) is 3.74. The molecule has 180 valence electrons. The predicted molar refractivity (Wildman–Crippen MR) is 138 cm³/mol. The summed E-state index contributed by atoms with van der Waals surface area (Å²) < 4.78 is 18.1. The van der Waals surface area contributed by atoms with Crippen LogP contribution >= 0.6 is 12.2 Å². The van der Waals surface area contributed by atoms with Gasteiger partial charge >= 0.3 is 5.97 Å². The molecule has 2 aromatic heterocycles. The molecule has 0 spiro atoms. The van der Waals surface area contributed by atoms with E-state index in [1.165, 1.54) is 7.11 Å². The van der Waals surface area contributed by atoms with Crippen molar-refractivity contribution in [1.29, 1.82) is 0 Å². The van der Waals surface area contributed by atoms with Crippen LogP contribution in [0.25, 0.3) is 5.69 Å². The third-order valence-electron chi connectivity index (χ3n) is 6.36. The topological polar surface area (TPSA) is 77.9 Å². The molecule has 2 aliphatic heterocycles. The minimum Gasteiger partial charge on any atom is -0.465 e. The summed E-state index contributed by atoms with van der Waals surface area (Å²) in [5, 5.41) is 4.05. The summed E-state index contributed by atoms with van der Waals surface area (Å²) in [4.78, 5) is 18.9. The molecular weight excluding hydrogens is 476 g/mol. The normalized spacial score (nSPS) is 18.2. The molecule has 0 radical (unpaired) electrons. The molecule has 4 aromatic rings. The lowest BCUT2D eigenvalue weighted by Crippen LogP contribution is -2.30. The number of pyridine rings is 1. The van der Waals surface area contributed by atoms with Crippen molar-refractivity contribution in [2.45, 2.75) is 12.1 Å². The number of hydrogen-bond acceptors (Lipinski definition) is 6. The van der Waals surface area contributed by atoms with Crippen LogP contribution in [0.3, 0.4) is 0 Å². The first kappa shape index (κ1) is 22.1. The quantitative estimate of drug-likeness (QED) is 0.317. The Balaban J connectivity index is 1.49. The molecule has 2 aromatic carbocycles. The Morgan fingerprint density at radius 1 is 1.03 bits per heavy atom. The van der Waals surface area contributed by atoms with Gasteiger partial charge in [0.05, 0.1) is 24.4 Å². The molecule has 1 N–H and O–H groups in total. The van der Waals surface area contributed by atoms with E-state index in [0.29, 0.717) is 22.2 Å². The molecule has 1 saturated heterocycles. The van der Waals surface area contributed by atoms with E-state index in [-0.39, 0.29) is 24.8 Å². The number of aromatic nitrogens is 2. The van der Waals surface area contributed by atoms with Crippen molar-refractivity contribution in [3.8, 4) is 17.2 Å². The summed E-state index contributed by atoms with van der Waals surface area (Å²) >= 11 is 5.85. The molecule has 6 rings (SSSR count). The summed E-state index contributed by atoms with van der Waals surface area (Å²) in [6, 6.07) is 22.6. The van der Waals surface area contributed by atoms with Crippen LogP contribution in [-0.4, -0.2) is 34.5 Å². The molecule has 36 heavy (non-hydrogen) atoms. The van der Waals surface area contributed by atoms with E-state index in [4.69, 9.17) is 26.4 Å². The van der Waals surface area contributed by atoms with Crippen LogP contribution in [0.2, 0.25) is 0 Å². The maximum absolute atomic E-state index is 12.2. The first-order valence-corrected chi connectivity index (χ1v) is 11.8. The van der Waals surface area contributed by atoms with Gasteiger partial charge in [0.2, 0.25) is 6.79 Å². The van der Waals surface area contributed by atoms with E-state index in [2.05, 4.69) is 25.8 Å². The molecule has 2 aliphatic rings. The highest BCUT2D eigenvalue weighted by Crippen LogP contribution is 2.44. The highest BCUT2D eigenvalue weighted by atomic mass is 32.1. The van der Waals surface area contributed by atoms with E-state index in [9.17, 15) is 4.79 Å². The van der Waals surface area contributed by atoms with E-state index < -0.39 is 0 Å². The lowest BCUT2D eigenvalue weighted by Gasteiger charge is -2.29. The number of carbonyl (C=O) groups is 1. The molecule has 0 bridgehead atoms. The number of ether oxygens (including phenoxy) is 3. The number of nitrogens with zero attached hydrogens (tertiary/aromatic N) is 3. The largest absolute Gasteiger partial charge is 0.465 e. The zero-order chi connectivity index (χ0) is 24.6. The Labute approximate surface area is 213 Å². The molecule has 8 nitrogen and oxygen atoms in total. The Morgan fingerprint density at radius 3 is 2.75 bits per heavy atom. The van der Waals surface area contributed by atoms with Crippen LogP contribution < -0.4 is 19.7 Å². The maximum atomic E-state index is 12.2. The Bertz CT molecular complexity index is 1460. The van der Waals surface area contributed by atoms with Gasteiger partial charge in [-0.3, -0.25) is 4.98 Å². The fraction of sp³-hybridized carbons (Fsp3) is 0.148. The van der Waals surface area contributed by atoms with Crippen LogP contribution in [0, 0.1) is 0 Å². The summed E-state index contributed by atoms with van der Waals surface area (Å²) in [6.07, 6.45) is 3.75. The van der Waals surface area contributed by atoms with Crippen molar-refractivity contribution in [3.05, 3.63) is 102 Å². The second-order valence-electron chi connectivity index (χ2n) is 8.38. The van der Waals surface area contributed by atoms with Crippen LogP contribution in [0.1, 0.15) is 33.8 Å². The van der Waals surface area contributed by atoms with Gasteiger partial charge < -0.3 is 29.0 Å². The number of carbonyl (C=O) groups excluding carboxylic acids is 1. The number of methoxy groups -OCH3 is 1. The Hall–Kier alpha value is -4.37. The number of rotatable bonds is 5. The van der Waals surface area contributed by atoms with Gasteiger partial charge in [-0.25, -0.2) is 4.79 Å². The van der Waals surface area contributed by atoms with Crippen LogP contribution in [0.5, 0.6) is 11.5 Å². The van der Waals surface area contributed by atoms with Gasteiger partial charge in [-0.1, -0.05) is 12.1 Å². The fourth-order valence-corrected chi connectivity index (χ4v) is 5.09. The first-order chi connectivity index (χ1) is 17.6. The second kappa shape index (κ2) is 9.01. The van der Waals surface area contributed by atoms with Crippen molar-refractivity contribution >= 4 is 29.0 Å². The van der Waals surface area contributed by atoms with Crippen molar-refractivity contribution in [1.82, 2.24) is 14.9 Å². The zero-order valence-electron chi connectivity index (χ0n) is 19.3. The van der Waals surface area contributed by atoms with Gasteiger partial charge in [0, 0.05) is 35.5 Å². The molecule has 0 saturated carbocycles. The van der Waals surface area contributed by atoms with E-state index in [1.807, 2.05) is 66.9 Å². The number of thiocarbonyl (C=S) groups is 1. The number of fused-ring (bicyclic) bond motifs is 1. The zero-order valence-corrected chi connectivity index (χ0v) is 20.1. The first-order valence-electron chi connectivity index (χ1n) is 11.4. The van der Waals surface area contributed by atoms with Crippen molar-refractivity contribution < 1.29 is 19.0 Å². The third-order valence-corrected chi connectivity index (χ3v) is 6.68. The van der Waals surface area contributed by atoms with Crippen LogP contribution in [0.15, 0.2) is 85.2 Å². The Kier molecular flexibility index (Phi) is 5.54. The summed E-state index contributed by atoms with van der Waals surface area (Å²) in [5.41, 5.74) is 4.02. The lowest BCUT2D eigenvalue weighted by atomic mass is 10.0. The smallest absolute Gasteiger partial charge is 0.337 e. The van der Waals surface area contributed by atoms with Crippen molar-refractivity contribution in [3.63, 3.8) is 0 Å². The van der Waals surface area contributed by atoms with E-state index >= 15 is 0 Å². The molecular formula is C27H22N4O4S. The SMILES string of the molecule is COC(=O)c1cccc(-n2cccc2[C@H]2[C@@H](c3ccccn3)NC(=S)N2c2ccc3c(c2)OCO3)c1. The van der Waals surface area contributed by atoms with Crippen molar-refractivity contribution in [2.24, 2.45) is 0 Å². The van der Waals surface area contributed by atoms with Gasteiger partial charge in [0.15, 0.2) is 16.6 Å². The van der Waals surface area contributed by atoms with Gasteiger partial charge in [-0.15, -0.1) is 0 Å². The average molecular weight is 499 g/mol. The highest BCUT2D eigenvalue weighted by molar-refractivity contribution is 7.80. The molecule has 2 atom stereocenters. The second-order valence-corrected chi connectivity index (χ2v) is 8.77. The monoisotopic (exact) mass is 498 g/mol. The predicted octanol–water partition coefficient (Wildman–Crippen LogP) is 4.56. The van der Waals surface area contributed by atoms with Gasteiger partial charge in [0.1, 0.15) is 6.04 Å². The molecule has 9 heteroatoms. The maximum Gasteiger partial charge on any atom is 0.337 e. The number of benzene rings is 2. The average Bonchev–Trinajstić information content (AvgIpc) is 3.66. The van der Waals surface area contributed by atoms with Crippen LogP contribution in [-0.2, 0) is 4.74 Å². The molecule has 1 fully saturated rings. The van der Waals surface area contributed by atoms with E-state index in [1.54, 1.807) is 12.3 Å². The highest BCUT2D eigenvalue weighted by Gasteiger charge is 2.42. The molecule has 0 aliphatic carbocycles. The number of anilines is 1. The standard InChI is InChI=1S/C27H22N4O4S/c1-33-26(32)17-6-4-7-18(14-17)30-13-5-9-21(30)25-24(20-8-2-3-12-28-20)29-27(36)31(25)19-10-11-22-23(15-19)35-16-34-22/h2-15,24-25H,16H2,1H3,(H,29,36)/t24-,25+/m1/s1. The van der Waals surface area contributed by atoms with Gasteiger partial charge in [-0.05, 0) is 66.8 Å². The van der Waals surface area contributed by atoms with Gasteiger partial charge in [0.25, 0.3) is 0 Å². The van der Waals surface area contributed by atoms with Gasteiger partial charge in [-0.2, -0.15) is 0 Å². The Morgan fingerprint density at radius 2 is 1.92 bits per heavy atom. The minimum atomic E-state index is -0.386. The molecule has 4 heterocycles. The van der Waals surface area contributed by atoms with E-state index in [0.717, 1.165) is 22.8 Å². The number of nitrogens with one attached hydrogen (secondary N) is 1. The van der Waals surface area contributed by atoms with Crippen molar-refractivity contribution in [2.75, 3.05) is 18.8 Å². The lowest BCUT2D eigenvalue weighted by molar-refractivity contribution is 0.0600. The van der Waals surface area contributed by atoms with Crippen LogP contribution in [0.4, 0.5) is 5.69 Å². The molecule has 0 amide bonds. The summed E-state index contributed by atoms with van der Waals surface area (Å²) in [6.45, 7) is 0.195. The fourth-order valence-electron chi connectivity index (χ4n) is 4.74. The minimum absolute atomic E-state index is 0.195. The summed E-state index contributed by atoms with van der Waals surface area (Å²) in [7, 11) is 1.38. The number of esters is 1. The summed E-state index contributed by atoms with van der Waals surface area (Å²) in [5.74, 6) is 0.997. The molecule has 0 unspecified atom stereocenters. The number of hydrogen-bond donors (Lipinski definition) is 1.